The summed E-state index contributed by atoms with van der Waals surface area (Å²) in [4.78, 5) is 19.1. The van der Waals surface area contributed by atoms with Crippen LogP contribution in [0.2, 0.25) is 0 Å². The topological polar surface area (TPSA) is 83.8 Å². The molecule has 1 aromatic carbocycles. The number of nitrogen functional groups attached to an aromatic ring is 1. The van der Waals surface area contributed by atoms with Crippen LogP contribution in [0.15, 0.2) is 30.6 Å². The van der Waals surface area contributed by atoms with Crippen molar-refractivity contribution in [2.24, 2.45) is 0 Å². The van der Waals surface area contributed by atoms with Crippen molar-refractivity contribution in [1.82, 2.24) is 15.3 Å². The number of hydrogen-bond acceptors (Lipinski definition) is 3. The summed E-state index contributed by atoms with van der Waals surface area (Å²) in [6.07, 6.45) is 4.12. The third-order valence-electron chi connectivity index (χ3n) is 2.73. The molecule has 0 saturated carbocycles. The van der Waals surface area contributed by atoms with Gasteiger partial charge in [0.1, 0.15) is 5.82 Å². The second kappa shape index (κ2) is 5.35. The molecular weight excluding hydrogens is 228 g/mol. The van der Waals surface area contributed by atoms with Crippen molar-refractivity contribution in [2.75, 3.05) is 12.3 Å². The highest BCUT2D eigenvalue weighted by Crippen LogP contribution is 2.15. The zero-order valence-electron chi connectivity index (χ0n) is 10.2. The molecule has 0 bridgehead atoms. The normalized spacial score (nSPS) is 10.3. The number of nitrogens with one attached hydrogen (secondary N) is 2. The van der Waals surface area contributed by atoms with E-state index >= 15 is 0 Å². The van der Waals surface area contributed by atoms with Gasteiger partial charge in [-0.25, -0.2) is 4.98 Å². The number of rotatable bonds is 4. The van der Waals surface area contributed by atoms with Crippen molar-refractivity contribution < 1.29 is 4.79 Å². The van der Waals surface area contributed by atoms with E-state index in [2.05, 4.69) is 15.3 Å². The van der Waals surface area contributed by atoms with E-state index in [1.165, 1.54) is 0 Å². The highest BCUT2D eigenvalue weighted by Gasteiger charge is 2.11. The van der Waals surface area contributed by atoms with Gasteiger partial charge in [-0.15, -0.1) is 0 Å². The smallest absolute Gasteiger partial charge is 0.253 e. The molecule has 1 aromatic heterocycles. The predicted octanol–water partition coefficient (Wildman–Crippen LogP) is 1.27. The van der Waals surface area contributed by atoms with Crippen molar-refractivity contribution >= 4 is 11.6 Å². The quantitative estimate of drug-likeness (QED) is 0.708. The largest absolute Gasteiger partial charge is 0.398 e. The highest BCUT2D eigenvalue weighted by molar-refractivity contribution is 6.00. The number of carbonyl (C=O) groups excluding carboxylic acids is 1. The van der Waals surface area contributed by atoms with Gasteiger partial charge < -0.3 is 16.0 Å². The SMILES string of the molecule is Cc1cccc(N)c1C(=O)NCCc1ncc[nH]1. The molecule has 0 spiro atoms. The van der Waals surface area contributed by atoms with Crippen LogP contribution in [0.5, 0.6) is 0 Å². The first-order chi connectivity index (χ1) is 8.68. The van der Waals surface area contributed by atoms with Crippen molar-refractivity contribution in [2.45, 2.75) is 13.3 Å². The second-order valence-electron chi connectivity index (χ2n) is 4.08. The van der Waals surface area contributed by atoms with Crippen LogP contribution < -0.4 is 11.1 Å². The summed E-state index contributed by atoms with van der Waals surface area (Å²) in [6.45, 7) is 2.40. The number of H-pyrrole nitrogens is 1. The molecule has 0 fully saturated rings. The standard InChI is InChI=1S/C13H16N4O/c1-9-3-2-4-10(14)12(9)13(18)17-6-5-11-15-7-8-16-11/h2-4,7-8H,5-6,14H2,1H3,(H,15,16)(H,17,18). The monoisotopic (exact) mass is 244 g/mol. The molecule has 0 aliphatic rings. The summed E-state index contributed by atoms with van der Waals surface area (Å²) in [5.74, 6) is 0.713. The van der Waals surface area contributed by atoms with E-state index in [4.69, 9.17) is 5.73 Å². The Hall–Kier alpha value is -2.30. The van der Waals surface area contributed by atoms with E-state index in [1.807, 2.05) is 19.1 Å². The van der Waals surface area contributed by atoms with Crippen LogP contribution in [0.25, 0.3) is 0 Å². The summed E-state index contributed by atoms with van der Waals surface area (Å²) in [6, 6.07) is 5.44. The van der Waals surface area contributed by atoms with Crippen molar-refractivity contribution in [3.05, 3.63) is 47.5 Å². The van der Waals surface area contributed by atoms with Gasteiger partial charge in [-0.05, 0) is 18.6 Å². The zero-order valence-corrected chi connectivity index (χ0v) is 10.2. The molecule has 5 heteroatoms. The number of benzene rings is 1. The minimum Gasteiger partial charge on any atom is -0.398 e. The lowest BCUT2D eigenvalue weighted by Gasteiger charge is -2.09. The fourth-order valence-corrected chi connectivity index (χ4v) is 1.82. The number of nitrogens with two attached hydrogens (primary N) is 1. The minimum absolute atomic E-state index is 0.142. The van der Waals surface area contributed by atoms with E-state index < -0.39 is 0 Å². The number of amides is 1. The van der Waals surface area contributed by atoms with Gasteiger partial charge in [0.05, 0.1) is 5.56 Å². The molecule has 1 heterocycles. The lowest BCUT2D eigenvalue weighted by Crippen LogP contribution is -2.27. The maximum atomic E-state index is 12.0. The van der Waals surface area contributed by atoms with Gasteiger partial charge >= 0.3 is 0 Å². The Morgan fingerprint density at radius 3 is 3.00 bits per heavy atom. The van der Waals surface area contributed by atoms with Gasteiger partial charge in [-0.1, -0.05) is 12.1 Å². The average molecular weight is 244 g/mol. The molecular formula is C13H16N4O. The molecule has 94 valence electrons. The van der Waals surface area contributed by atoms with E-state index in [0.717, 1.165) is 11.4 Å². The van der Waals surface area contributed by atoms with Crippen molar-refractivity contribution in [3.63, 3.8) is 0 Å². The zero-order chi connectivity index (χ0) is 13.0. The maximum absolute atomic E-state index is 12.0. The first-order valence-electron chi connectivity index (χ1n) is 5.80. The van der Waals surface area contributed by atoms with Crippen LogP contribution in [-0.4, -0.2) is 22.4 Å². The maximum Gasteiger partial charge on any atom is 0.253 e. The number of aromatic nitrogens is 2. The van der Waals surface area contributed by atoms with Crippen molar-refractivity contribution in [1.29, 1.82) is 0 Å². The summed E-state index contributed by atoms with van der Waals surface area (Å²) in [5, 5.41) is 2.84. The fraction of sp³-hybridized carbons (Fsp3) is 0.231. The number of aryl methyl sites for hydroxylation is 1. The molecule has 2 aromatic rings. The van der Waals surface area contributed by atoms with Gasteiger partial charge in [0, 0.05) is 31.0 Å². The Balaban J connectivity index is 1.96. The number of carbonyl (C=O) groups is 1. The third kappa shape index (κ3) is 2.68. The Labute approximate surface area is 105 Å². The first kappa shape index (κ1) is 12.2. The first-order valence-corrected chi connectivity index (χ1v) is 5.80. The minimum atomic E-state index is -0.142. The third-order valence-corrected chi connectivity index (χ3v) is 2.73. The van der Waals surface area contributed by atoms with Crippen LogP contribution in [0.3, 0.4) is 0 Å². The fourth-order valence-electron chi connectivity index (χ4n) is 1.82. The number of nitrogens with zero attached hydrogens (tertiary/aromatic N) is 1. The van der Waals surface area contributed by atoms with Gasteiger partial charge in [0.2, 0.25) is 0 Å². The van der Waals surface area contributed by atoms with E-state index in [1.54, 1.807) is 18.5 Å². The van der Waals surface area contributed by atoms with E-state index in [0.29, 0.717) is 24.2 Å². The van der Waals surface area contributed by atoms with Crippen molar-refractivity contribution in [3.8, 4) is 0 Å². The van der Waals surface area contributed by atoms with Gasteiger partial charge in [0.25, 0.3) is 5.91 Å². The highest BCUT2D eigenvalue weighted by atomic mass is 16.1. The second-order valence-corrected chi connectivity index (χ2v) is 4.08. The number of anilines is 1. The van der Waals surface area contributed by atoms with Crippen LogP contribution in [0.1, 0.15) is 21.7 Å². The summed E-state index contributed by atoms with van der Waals surface area (Å²) in [5.41, 5.74) is 7.75. The molecule has 2 rings (SSSR count). The predicted molar refractivity (Wildman–Crippen MR) is 70.2 cm³/mol. The number of aromatic amines is 1. The average Bonchev–Trinajstić information content (AvgIpc) is 2.82. The molecule has 0 aliphatic carbocycles. The molecule has 5 nitrogen and oxygen atoms in total. The van der Waals surface area contributed by atoms with Gasteiger partial charge in [0.15, 0.2) is 0 Å². The summed E-state index contributed by atoms with van der Waals surface area (Å²) < 4.78 is 0. The van der Waals surface area contributed by atoms with Crippen LogP contribution in [0, 0.1) is 6.92 Å². The summed E-state index contributed by atoms with van der Waals surface area (Å²) >= 11 is 0. The van der Waals surface area contributed by atoms with E-state index in [9.17, 15) is 4.79 Å². The Bertz CT molecular complexity index is 514. The summed E-state index contributed by atoms with van der Waals surface area (Å²) in [7, 11) is 0. The Kier molecular flexibility index (Phi) is 3.62. The molecule has 0 aliphatic heterocycles. The van der Waals surface area contributed by atoms with Gasteiger partial charge in [-0.3, -0.25) is 4.79 Å². The lowest BCUT2D eigenvalue weighted by atomic mass is 10.1. The molecule has 0 unspecified atom stereocenters. The molecule has 4 N–H and O–H groups in total. The van der Waals surface area contributed by atoms with Gasteiger partial charge in [-0.2, -0.15) is 0 Å². The number of hydrogen-bond donors (Lipinski definition) is 3. The molecule has 18 heavy (non-hydrogen) atoms. The van der Waals surface area contributed by atoms with E-state index in [-0.39, 0.29) is 5.91 Å². The lowest BCUT2D eigenvalue weighted by molar-refractivity contribution is 0.0954. The van der Waals surface area contributed by atoms with Crippen LogP contribution in [0.4, 0.5) is 5.69 Å². The molecule has 0 radical (unpaired) electrons. The molecule has 1 amide bonds. The Morgan fingerprint density at radius 2 is 2.33 bits per heavy atom. The Morgan fingerprint density at radius 1 is 1.50 bits per heavy atom. The molecule has 0 saturated heterocycles. The van der Waals surface area contributed by atoms with Crippen LogP contribution in [-0.2, 0) is 6.42 Å². The van der Waals surface area contributed by atoms with Crippen LogP contribution >= 0.6 is 0 Å². The molecule has 0 atom stereocenters. The number of imidazole rings is 1.